The number of carboxylic acids is 1. The number of fused-ring (bicyclic) bond motifs is 1. The number of carbonyl (C=O) groups is 1. The molecule has 0 bridgehead atoms. The van der Waals surface area contributed by atoms with Gasteiger partial charge < -0.3 is 10.2 Å². The first kappa shape index (κ1) is 12.8. The highest BCUT2D eigenvalue weighted by atomic mass is 35.5. The normalized spacial score (nSPS) is 14.4. The van der Waals surface area contributed by atoms with E-state index in [1.54, 1.807) is 30.5 Å². The third-order valence-electron chi connectivity index (χ3n) is 2.93. The standard InChI is InChI=1S/C13H12ClNO3/c1-7(13(17)18)12(16)9-4-5-10(14)8-3-2-6-15-11(8)9/h2-7,12,16H,1H3,(H,17,18). The number of halogens is 1. The number of nitrogens with zero attached hydrogens (tertiary/aromatic N) is 1. The van der Waals surface area contributed by atoms with E-state index in [0.29, 0.717) is 21.5 Å². The Balaban J connectivity index is 2.58. The van der Waals surface area contributed by atoms with Crippen molar-refractivity contribution in [3.8, 4) is 0 Å². The zero-order valence-corrected chi connectivity index (χ0v) is 10.4. The Bertz CT molecular complexity index is 600. The minimum atomic E-state index is -1.11. The van der Waals surface area contributed by atoms with Crippen molar-refractivity contribution in [2.75, 3.05) is 0 Å². The van der Waals surface area contributed by atoms with Gasteiger partial charge in [0.1, 0.15) is 0 Å². The zero-order chi connectivity index (χ0) is 13.3. The lowest BCUT2D eigenvalue weighted by Gasteiger charge is -2.17. The van der Waals surface area contributed by atoms with Crippen molar-refractivity contribution in [2.24, 2.45) is 5.92 Å². The van der Waals surface area contributed by atoms with E-state index >= 15 is 0 Å². The fraction of sp³-hybridized carbons (Fsp3) is 0.231. The number of rotatable bonds is 3. The van der Waals surface area contributed by atoms with Crippen LogP contribution in [0.1, 0.15) is 18.6 Å². The van der Waals surface area contributed by atoms with Gasteiger partial charge in [-0.15, -0.1) is 0 Å². The number of benzene rings is 1. The highest BCUT2D eigenvalue weighted by Crippen LogP contribution is 2.31. The second-order valence-electron chi connectivity index (χ2n) is 4.11. The molecule has 2 N–H and O–H groups in total. The molecule has 94 valence electrons. The molecule has 0 aliphatic rings. The monoisotopic (exact) mass is 265 g/mol. The predicted octanol–water partition coefficient (Wildman–Crippen LogP) is 2.64. The maximum Gasteiger partial charge on any atom is 0.309 e. The molecule has 2 rings (SSSR count). The van der Waals surface area contributed by atoms with E-state index in [2.05, 4.69) is 4.98 Å². The molecule has 0 saturated heterocycles. The Labute approximate surface area is 109 Å². The van der Waals surface area contributed by atoms with Crippen molar-refractivity contribution >= 4 is 28.5 Å². The number of pyridine rings is 1. The minimum Gasteiger partial charge on any atom is -0.481 e. The van der Waals surface area contributed by atoms with Crippen molar-refractivity contribution in [1.82, 2.24) is 4.98 Å². The summed E-state index contributed by atoms with van der Waals surface area (Å²) < 4.78 is 0. The van der Waals surface area contributed by atoms with Crippen LogP contribution in [0.15, 0.2) is 30.5 Å². The molecule has 0 aliphatic heterocycles. The molecule has 0 fully saturated rings. The highest BCUT2D eigenvalue weighted by Gasteiger charge is 2.25. The van der Waals surface area contributed by atoms with Crippen molar-refractivity contribution in [3.63, 3.8) is 0 Å². The molecule has 0 radical (unpaired) electrons. The summed E-state index contributed by atoms with van der Waals surface area (Å²) in [7, 11) is 0. The molecule has 0 saturated carbocycles. The van der Waals surface area contributed by atoms with Crippen LogP contribution in [0.5, 0.6) is 0 Å². The van der Waals surface area contributed by atoms with E-state index in [1.807, 2.05) is 0 Å². The van der Waals surface area contributed by atoms with E-state index < -0.39 is 18.0 Å². The van der Waals surface area contributed by atoms with Crippen LogP contribution in [0.2, 0.25) is 5.02 Å². The van der Waals surface area contributed by atoms with Crippen LogP contribution < -0.4 is 0 Å². The molecule has 2 unspecified atom stereocenters. The van der Waals surface area contributed by atoms with Crippen LogP contribution in [0.4, 0.5) is 0 Å². The maximum atomic E-state index is 10.9. The highest BCUT2D eigenvalue weighted by molar-refractivity contribution is 6.35. The Morgan fingerprint density at radius 2 is 2.11 bits per heavy atom. The van der Waals surface area contributed by atoms with Crippen LogP contribution >= 0.6 is 11.6 Å². The van der Waals surface area contributed by atoms with Crippen molar-refractivity contribution < 1.29 is 15.0 Å². The SMILES string of the molecule is CC(C(=O)O)C(O)c1ccc(Cl)c2cccnc12. The fourth-order valence-electron chi connectivity index (χ4n) is 1.80. The molecular formula is C13H12ClNO3. The minimum absolute atomic E-state index is 0.477. The number of aliphatic carboxylic acids is 1. The molecule has 18 heavy (non-hydrogen) atoms. The van der Waals surface area contributed by atoms with Gasteiger partial charge >= 0.3 is 5.97 Å². The smallest absolute Gasteiger partial charge is 0.309 e. The number of hydrogen-bond acceptors (Lipinski definition) is 3. The van der Waals surface area contributed by atoms with Crippen molar-refractivity contribution in [1.29, 1.82) is 0 Å². The lowest BCUT2D eigenvalue weighted by Crippen LogP contribution is -2.19. The molecule has 1 aromatic carbocycles. The van der Waals surface area contributed by atoms with Crippen LogP contribution in [-0.4, -0.2) is 21.2 Å². The summed E-state index contributed by atoms with van der Waals surface area (Å²) in [6.07, 6.45) is 0.470. The van der Waals surface area contributed by atoms with Crippen LogP contribution in [0, 0.1) is 5.92 Å². The van der Waals surface area contributed by atoms with Gasteiger partial charge in [-0.2, -0.15) is 0 Å². The average molecular weight is 266 g/mol. The summed E-state index contributed by atoms with van der Waals surface area (Å²) in [5.74, 6) is -1.96. The molecule has 0 amide bonds. The van der Waals surface area contributed by atoms with Gasteiger partial charge in [0.15, 0.2) is 0 Å². The lowest BCUT2D eigenvalue weighted by atomic mass is 9.95. The molecule has 1 heterocycles. The summed E-state index contributed by atoms with van der Waals surface area (Å²) >= 11 is 6.04. The molecular weight excluding hydrogens is 254 g/mol. The topological polar surface area (TPSA) is 70.4 Å². The van der Waals surface area contributed by atoms with Crippen molar-refractivity contribution in [3.05, 3.63) is 41.0 Å². The summed E-state index contributed by atoms with van der Waals surface area (Å²) in [4.78, 5) is 15.1. The largest absolute Gasteiger partial charge is 0.481 e. The van der Waals surface area contributed by atoms with Gasteiger partial charge in [0.05, 0.1) is 17.5 Å². The maximum absolute atomic E-state index is 10.9. The molecule has 0 aliphatic carbocycles. The summed E-state index contributed by atoms with van der Waals surface area (Å²) in [5, 5.41) is 20.2. The second-order valence-corrected chi connectivity index (χ2v) is 4.52. The van der Waals surface area contributed by atoms with E-state index in [4.69, 9.17) is 16.7 Å². The van der Waals surface area contributed by atoms with Crippen molar-refractivity contribution in [2.45, 2.75) is 13.0 Å². The van der Waals surface area contributed by atoms with E-state index in [1.165, 1.54) is 6.92 Å². The number of aliphatic hydroxyl groups is 1. The number of aliphatic hydroxyl groups excluding tert-OH is 1. The summed E-state index contributed by atoms with van der Waals surface area (Å²) in [6, 6.07) is 6.78. The average Bonchev–Trinajstić information content (AvgIpc) is 2.38. The van der Waals surface area contributed by atoms with Gasteiger partial charge in [0.2, 0.25) is 0 Å². The number of aromatic nitrogens is 1. The Kier molecular flexibility index (Phi) is 3.50. The quantitative estimate of drug-likeness (QED) is 0.895. The molecule has 5 heteroatoms. The second kappa shape index (κ2) is 4.92. The van der Waals surface area contributed by atoms with E-state index in [9.17, 15) is 9.90 Å². The molecule has 0 spiro atoms. The summed E-state index contributed by atoms with van der Waals surface area (Å²) in [6.45, 7) is 1.45. The molecule has 2 aromatic rings. The van der Waals surface area contributed by atoms with Gasteiger partial charge in [-0.05, 0) is 25.1 Å². The van der Waals surface area contributed by atoms with E-state index in [-0.39, 0.29) is 0 Å². The van der Waals surface area contributed by atoms with Crippen LogP contribution in [0.3, 0.4) is 0 Å². The Hall–Kier alpha value is -1.65. The first-order chi connectivity index (χ1) is 8.52. The van der Waals surface area contributed by atoms with Gasteiger partial charge in [0.25, 0.3) is 0 Å². The van der Waals surface area contributed by atoms with Gasteiger partial charge in [-0.25, -0.2) is 0 Å². The third-order valence-corrected chi connectivity index (χ3v) is 3.26. The third kappa shape index (κ3) is 2.17. The molecule has 2 atom stereocenters. The van der Waals surface area contributed by atoms with Crippen LogP contribution in [0.25, 0.3) is 10.9 Å². The van der Waals surface area contributed by atoms with Gasteiger partial charge in [-0.3, -0.25) is 9.78 Å². The number of carboxylic acid groups (broad SMARTS) is 1. The predicted molar refractivity (Wildman–Crippen MR) is 68.5 cm³/mol. The van der Waals surface area contributed by atoms with E-state index in [0.717, 1.165) is 0 Å². The van der Waals surface area contributed by atoms with Crippen LogP contribution in [-0.2, 0) is 4.79 Å². The summed E-state index contributed by atoms with van der Waals surface area (Å²) in [5.41, 5.74) is 1.01. The first-order valence-corrected chi connectivity index (χ1v) is 5.84. The Morgan fingerprint density at radius 3 is 2.78 bits per heavy atom. The molecule has 1 aromatic heterocycles. The zero-order valence-electron chi connectivity index (χ0n) is 9.67. The molecule has 4 nitrogen and oxygen atoms in total. The first-order valence-electron chi connectivity index (χ1n) is 5.46. The van der Waals surface area contributed by atoms with Gasteiger partial charge in [-0.1, -0.05) is 17.7 Å². The van der Waals surface area contributed by atoms with Gasteiger partial charge in [0, 0.05) is 22.2 Å². The number of hydrogen-bond donors (Lipinski definition) is 2. The Morgan fingerprint density at radius 1 is 1.39 bits per heavy atom. The lowest BCUT2D eigenvalue weighted by molar-refractivity contribution is -0.144. The fourth-order valence-corrected chi connectivity index (χ4v) is 2.02.